The van der Waals surface area contributed by atoms with Gasteiger partial charge in [-0.15, -0.1) is 5.10 Å². The Morgan fingerprint density at radius 3 is 2.75 bits per heavy atom. The fraction of sp³-hybridized carbons (Fsp3) is 0.200. The Balaban J connectivity index is 2.58. The van der Waals surface area contributed by atoms with Crippen LogP contribution in [-0.4, -0.2) is 14.8 Å². The van der Waals surface area contributed by atoms with Crippen molar-refractivity contribution >= 4 is 23.2 Å². The molecule has 0 saturated heterocycles. The standard InChI is InChI=1S/C10H10Cl2N4/c1-6-14-9(5-13)15-16(6)8-4-2-3-7(11)10(8)12/h2-4H,5,13H2,1H3. The molecule has 6 heteroatoms. The van der Waals surface area contributed by atoms with Gasteiger partial charge in [0.15, 0.2) is 5.82 Å². The highest BCUT2D eigenvalue weighted by molar-refractivity contribution is 6.43. The molecule has 0 aliphatic rings. The maximum absolute atomic E-state index is 6.10. The molecule has 0 aliphatic heterocycles. The summed E-state index contributed by atoms with van der Waals surface area (Å²) in [5.41, 5.74) is 6.19. The van der Waals surface area contributed by atoms with E-state index in [0.29, 0.717) is 28.1 Å². The molecule has 1 aromatic carbocycles. The lowest BCUT2D eigenvalue weighted by molar-refractivity contribution is 0.813. The van der Waals surface area contributed by atoms with Gasteiger partial charge in [0.05, 0.1) is 22.3 Å². The van der Waals surface area contributed by atoms with Gasteiger partial charge in [-0.25, -0.2) is 9.67 Å². The van der Waals surface area contributed by atoms with Gasteiger partial charge in [-0.3, -0.25) is 0 Å². The summed E-state index contributed by atoms with van der Waals surface area (Å²) < 4.78 is 1.64. The van der Waals surface area contributed by atoms with E-state index < -0.39 is 0 Å². The summed E-state index contributed by atoms with van der Waals surface area (Å²) in [6, 6.07) is 5.37. The third kappa shape index (κ3) is 1.91. The van der Waals surface area contributed by atoms with Crippen molar-refractivity contribution in [3.8, 4) is 5.69 Å². The largest absolute Gasteiger partial charge is 0.324 e. The number of halogens is 2. The van der Waals surface area contributed by atoms with E-state index in [1.165, 1.54) is 0 Å². The molecule has 1 heterocycles. The minimum absolute atomic E-state index is 0.298. The predicted molar refractivity (Wildman–Crippen MR) is 64.0 cm³/mol. The lowest BCUT2D eigenvalue weighted by atomic mass is 10.3. The Bertz CT molecular complexity index is 522. The second-order valence-electron chi connectivity index (χ2n) is 3.26. The molecule has 0 amide bonds. The van der Waals surface area contributed by atoms with Crippen LogP contribution in [0, 0.1) is 6.92 Å². The first-order valence-corrected chi connectivity index (χ1v) is 5.46. The Morgan fingerprint density at radius 1 is 1.38 bits per heavy atom. The van der Waals surface area contributed by atoms with Crippen LogP contribution in [0.5, 0.6) is 0 Å². The molecule has 0 aliphatic carbocycles. The SMILES string of the molecule is Cc1nc(CN)nn1-c1cccc(Cl)c1Cl. The van der Waals surface area contributed by atoms with Crippen LogP contribution in [-0.2, 0) is 6.54 Å². The highest BCUT2D eigenvalue weighted by Gasteiger charge is 2.11. The molecule has 2 N–H and O–H groups in total. The molecule has 0 unspecified atom stereocenters. The van der Waals surface area contributed by atoms with Crippen molar-refractivity contribution < 1.29 is 0 Å². The van der Waals surface area contributed by atoms with Crippen molar-refractivity contribution in [2.45, 2.75) is 13.5 Å². The van der Waals surface area contributed by atoms with Crippen molar-refractivity contribution in [2.24, 2.45) is 5.73 Å². The van der Waals surface area contributed by atoms with E-state index in [4.69, 9.17) is 28.9 Å². The summed E-state index contributed by atoms with van der Waals surface area (Å²) in [5, 5.41) is 5.19. The number of aromatic nitrogens is 3. The van der Waals surface area contributed by atoms with Gasteiger partial charge in [-0.1, -0.05) is 29.3 Å². The Hall–Kier alpha value is -1.10. The third-order valence-electron chi connectivity index (χ3n) is 2.15. The Morgan fingerprint density at radius 2 is 2.12 bits per heavy atom. The van der Waals surface area contributed by atoms with Gasteiger partial charge in [0.1, 0.15) is 5.82 Å². The normalized spacial score (nSPS) is 10.8. The summed E-state index contributed by atoms with van der Waals surface area (Å²) in [4.78, 5) is 4.20. The molecule has 84 valence electrons. The molecule has 0 fully saturated rings. The zero-order valence-electron chi connectivity index (χ0n) is 8.61. The summed E-state index contributed by atoms with van der Waals surface area (Å²) in [6.07, 6.45) is 0. The summed E-state index contributed by atoms with van der Waals surface area (Å²) in [7, 11) is 0. The molecule has 0 saturated carbocycles. The predicted octanol–water partition coefficient (Wildman–Crippen LogP) is 2.34. The molecular formula is C10H10Cl2N4. The Labute approximate surface area is 103 Å². The number of hydrogen-bond donors (Lipinski definition) is 1. The minimum Gasteiger partial charge on any atom is -0.324 e. The maximum Gasteiger partial charge on any atom is 0.164 e. The van der Waals surface area contributed by atoms with Crippen molar-refractivity contribution in [3.05, 3.63) is 39.9 Å². The fourth-order valence-electron chi connectivity index (χ4n) is 1.41. The van der Waals surface area contributed by atoms with Gasteiger partial charge < -0.3 is 5.73 Å². The minimum atomic E-state index is 0.298. The molecule has 0 bridgehead atoms. The first-order valence-electron chi connectivity index (χ1n) is 4.70. The van der Waals surface area contributed by atoms with Crippen molar-refractivity contribution in [1.29, 1.82) is 0 Å². The van der Waals surface area contributed by atoms with E-state index >= 15 is 0 Å². The van der Waals surface area contributed by atoms with E-state index in [1.54, 1.807) is 10.7 Å². The van der Waals surface area contributed by atoms with Gasteiger partial charge in [-0.05, 0) is 19.1 Å². The number of nitrogens with zero attached hydrogens (tertiary/aromatic N) is 3. The van der Waals surface area contributed by atoms with Gasteiger partial charge in [0.25, 0.3) is 0 Å². The highest BCUT2D eigenvalue weighted by atomic mass is 35.5. The molecule has 0 radical (unpaired) electrons. The average Bonchev–Trinajstić information content (AvgIpc) is 2.64. The van der Waals surface area contributed by atoms with Crippen LogP contribution in [0.1, 0.15) is 11.6 Å². The number of aryl methyl sites for hydroxylation is 1. The number of benzene rings is 1. The Kier molecular flexibility index (Phi) is 3.14. The van der Waals surface area contributed by atoms with Crippen LogP contribution < -0.4 is 5.73 Å². The molecule has 2 rings (SSSR count). The molecule has 0 atom stereocenters. The fourth-order valence-corrected chi connectivity index (χ4v) is 1.79. The van der Waals surface area contributed by atoms with Crippen molar-refractivity contribution in [1.82, 2.24) is 14.8 Å². The molecule has 1 aromatic heterocycles. The summed E-state index contributed by atoms with van der Waals surface area (Å²) >= 11 is 12.0. The van der Waals surface area contributed by atoms with E-state index in [0.717, 1.165) is 5.82 Å². The quantitative estimate of drug-likeness (QED) is 0.898. The topological polar surface area (TPSA) is 56.7 Å². The van der Waals surface area contributed by atoms with Crippen LogP contribution in [0.3, 0.4) is 0 Å². The van der Waals surface area contributed by atoms with Gasteiger partial charge >= 0.3 is 0 Å². The number of nitrogens with two attached hydrogens (primary N) is 1. The van der Waals surface area contributed by atoms with Crippen LogP contribution in [0.25, 0.3) is 5.69 Å². The maximum atomic E-state index is 6.10. The monoisotopic (exact) mass is 256 g/mol. The van der Waals surface area contributed by atoms with E-state index in [9.17, 15) is 0 Å². The van der Waals surface area contributed by atoms with E-state index in [1.807, 2.05) is 19.1 Å². The van der Waals surface area contributed by atoms with Crippen LogP contribution in [0.4, 0.5) is 0 Å². The van der Waals surface area contributed by atoms with Crippen molar-refractivity contribution in [3.63, 3.8) is 0 Å². The molecule has 4 nitrogen and oxygen atoms in total. The van der Waals surface area contributed by atoms with E-state index in [-0.39, 0.29) is 0 Å². The zero-order valence-corrected chi connectivity index (χ0v) is 10.1. The van der Waals surface area contributed by atoms with Gasteiger partial charge in [-0.2, -0.15) is 0 Å². The smallest absolute Gasteiger partial charge is 0.164 e. The highest BCUT2D eigenvalue weighted by Crippen LogP contribution is 2.28. The lowest BCUT2D eigenvalue weighted by Crippen LogP contribution is -2.02. The molecule has 16 heavy (non-hydrogen) atoms. The average molecular weight is 257 g/mol. The van der Waals surface area contributed by atoms with Gasteiger partial charge in [0, 0.05) is 0 Å². The zero-order chi connectivity index (χ0) is 11.7. The first kappa shape index (κ1) is 11.4. The number of hydrogen-bond acceptors (Lipinski definition) is 3. The molecule has 2 aromatic rings. The summed E-state index contributed by atoms with van der Waals surface area (Å²) in [6.45, 7) is 2.13. The third-order valence-corrected chi connectivity index (χ3v) is 2.96. The van der Waals surface area contributed by atoms with Crippen molar-refractivity contribution in [2.75, 3.05) is 0 Å². The second-order valence-corrected chi connectivity index (χ2v) is 4.05. The number of rotatable bonds is 2. The first-order chi connectivity index (χ1) is 7.63. The van der Waals surface area contributed by atoms with E-state index in [2.05, 4.69) is 10.1 Å². The van der Waals surface area contributed by atoms with Gasteiger partial charge in [0.2, 0.25) is 0 Å². The molecule has 0 spiro atoms. The van der Waals surface area contributed by atoms with Crippen LogP contribution >= 0.6 is 23.2 Å². The van der Waals surface area contributed by atoms with Crippen LogP contribution in [0.2, 0.25) is 10.0 Å². The summed E-state index contributed by atoms with van der Waals surface area (Å²) in [5.74, 6) is 1.30. The lowest BCUT2D eigenvalue weighted by Gasteiger charge is -2.06. The van der Waals surface area contributed by atoms with Crippen LogP contribution in [0.15, 0.2) is 18.2 Å². The second kappa shape index (κ2) is 4.41. The molecular weight excluding hydrogens is 247 g/mol.